The summed E-state index contributed by atoms with van der Waals surface area (Å²) in [4.78, 5) is 9.10. The highest BCUT2D eigenvalue weighted by molar-refractivity contribution is 8.38. The SMILES string of the molecule is c1ccc2c(c1)CSC(SCc1nc(-c3ccsc3)no1)=N2. The number of fused-ring (bicyclic) bond motifs is 1. The van der Waals surface area contributed by atoms with Crippen molar-refractivity contribution in [3.8, 4) is 11.4 Å². The maximum Gasteiger partial charge on any atom is 0.237 e. The van der Waals surface area contributed by atoms with Crippen LogP contribution in [-0.4, -0.2) is 14.5 Å². The van der Waals surface area contributed by atoms with Crippen LogP contribution in [0.5, 0.6) is 0 Å². The quantitative estimate of drug-likeness (QED) is 0.671. The van der Waals surface area contributed by atoms with Crippen LogP contribution < -0.4 is 0 Å². The number of benzene rings is 1. The first-order valence-corrected chi connectivity index (χ1v) is 9.57. The molecule has 4 rings (SSSR count). The van der Waals surface area contributed by atoms with Gasteiger partial charge in [-0.2, -0.15) is 16.3 Å². The van der Waals surface area contributed by atoms with Gasteiger partial charge < -0.3 is 4.52 Å². The van der Waals surface area contributed by atoms with Gasteiger partial charge in [0.15, 0.2) is 0 Å². The number of aromatic nitrogens is 2. The lowest BCUT2D eigenvalue weighted by molar-refractivity contribution is 0.392. The minimum atomic E-state index is 0.633. The zero-order valence-corrected chi connectivity index (χ0v) is 13.9. The number of hydrogen-bond donors (Lipinski definition) is 0. The van der Waals surface area contributed by atoms with E-state index in [1.54, 1.807) is 34.9 Å². The van der Waals surface area contributed by atoms with E-state index in [0.717, 1.165) is 21.4 Å². The highest BCUT2D eigenvalue weighted by Crippen LogP contribution is 2.35. The molecule has 3 aromatic rings. The average molecular weight is 345 g/mol. The van der Waals surface area contributed by atoms with Crippen LogP contribution in [0.2, 0.25) is 0 Å². The Morgan fingerprint density at radius 1 is 1.23 bits per heavy atom. The van der Waals surface area contributed by atoms with E-state index in [1.165, 1.54) is 5.56 Å². The Morgan fingerprint density at radius 2 is 2.18 bits per heavy atom. The maximum atomic E-state index is 5.31. The number of thiophene rings is 1. The fourth-order valence-electron chi connectivity index (χ4n) is 2.03. The third-order valence-corrected chi connectivity index (χ3v) is 6.03. The van der Waals surface area contributed by atoms with Crippen LogP contribution in [-0.2, 0) is 11.5 Å². The van der Waals surface area contributed by atoms with Crippen molar-refractivity contribution in [3.05, 3.63) is 52.5 Å². The predicted octanol–water partition coefficient (Wildman–Crippen LogP) is 4.97. The molecule has 0 spiro atoms. The number of rotatable bonds is 3. The topological polar surface area (TPSA) is 51.3 Å². The molecule has 2 aromatic heterocycles. The highest BCUT2D eigenvalue weighted by Gasteiger charge is 2.15. The zero-order valence-electron chi connectivity index (χ0n) is 11.4. The molecule has 7 heteroatoms. The molecular formula is C15H11N3OS3. The van der Waals surface area contributed by atoms with Gasteiger partial charge in [-0.15, -0.1) is 0 Å². The van der Waals surface area contributed by atoms with Crippen molar-refractivity contribution in [2.75, 3.05) is 0 Å². The third-order valence-electron chi connectivity index (χ3n) is 3.12. The lowest BCUT2D eigenvalue weighted by Crippen LogP contribution is -1.96. The van der Waals surface area contributed by atoms with Gasteiger partial charge in [-0.3, -0.25) is 0 Å². The van der Waals surface area contributed by atoms with Gasteiger partial charge in [0.1, 0.15) is 4.38 Å². The van der Waals surface area contributed by atoms with Crippen LogP contribution in [0.1, 0.15) is 11.5 Å². The molecule has 0 amide bonds. The van der Waals surface area contributed by atoms with Crippen molar-refractivity contribution in [3.63, 3.8) is 0 Å². The second kappa shape index (κ2) is 6.28. The maximum absolute atomic E-state index is 5.31. The van der Waals surface area contributed by atoms with E-state index >= 15 is 0 Å². The summed E-state index contributed by atoms with van der Waals surface area (Å²) in [7, 11) is 0. The molecule has 0 atom stereocenters. The van der Waals surface area contributed by atoms with Gasteiger partial charge in [-0.25, -0.2) is 4.99 Å². The van der Waals surface area contributed by atoms with Crippen LogP contribution in [0.25, 0.3) is 11.4 Å². The van der Waals surface area contributed by atoms with Gasteiger partial charge in [0.2, 0.25) is 11.7 Å². The lowest BCUT2D eigenvalue weighted by atomic mass is 10.2. The summed E-state index contributed by atoms with van der Waals surface area (Å²) < 4.78 is 6.36. The van der Waals surface area contributed by atoms with Crippen molar-refractivity contribution in [1.29, 1.82) is 0 Å². The zero-order chi connectivity index (χ0) is 14.8. The number of para-hydroxylation sites is 1. The molecule has 1 aromatic carbocycles. The lowest BCUT2D eigenvalue weighted by Gasteiger charge is -2.13. The number of hydrogen-bond acceptors (Lipinski definition) is 7. The summed E-state index contributed by atoms with van der Waals surface area (Å²) in [6.07, 6.45) is 0. The Kier molecular flexibility index (Phi) is 4.01. The minimum Gasteiger partial charge on any atom is -0.338 e. The van der Waals surface area contributed by atoms with E-state index in [4.69, 9.17) is 4.52 Å². The third kappa shape index (κ3) is 2.97. The Hall–Kier alpha value is -1.57. The van der Waals surface area contributed by atoms with Crippen LogP contribution in [0.3, 0.4) is 0 Å². The molecule has 0 fully saturated rings. The molecule has 4 nitrogen and oxygen atoms in total. The summed E-state index contributed by atoms with van der Waals surface area (Å²) in [5, 5.41) is 8.04. The van der Waals surface area contributed by atoms with Crippen LogP contribution in [0.4, 0.5) is 5.69 Å². The van der Waals surface area contributed by atoms with Crippen molar-refractivity contribution in [2.24, 2.45) is 4.99 Å². The largest absolute Gasteiger partial charge is 0.338 e. The summed E-state index contributed by atoms with van der Waals surface area (Å²) in [6.45, 7) is 0. The van der Waals surface area contributed by atoms with E-state index < -0.39 is 0 Å². The number of thioether (sulfide) groups is 2. The Balaban J connectivity index is 1.44. The normalized spacial score (nSPS) is 13.7. The molecule has 22 heavy (non-hydrogen) atoms. The second-order valence-electron chi connectivity index (χ2n) is 4.61. The number of aliphatic imine (C=N–C) groups is 1. The van der Waals surface area contributed by atoms with Crippen molar-refractivity contribution in [1.82, 2.24) is 10.1 Å². The predicted molar refractivity (Wildman–Crippen MR) is 93.7 cm³/mol. The van der Waals surface area contributed by atoms with Crippen molar-refractivity contribution >= 4 is 44.9 Å². The molecule has 0 saturated heterocycles. The van der Waals surface area contributed by atoms with Crippen molar-refractivity contribution in [2.45, 2.75) is 11.5 Å². The fraction of sp³-hybridized carbons (Fsp3) is 0.133. The molecule has 0 aliphatic carbocycles. The van der Waals surface area contributed by atoms with Gasteiger partial charge in [-0.05, 0) is 23.1 Å². The molecule has 0 bridgehead atoms. The van der Waals surface area contributed by atoms with Crippen LogP contribution in [0.15, 0.2) is 50.6 Å². The summed E-state index contributed by atoms with van der Waals surface area (Å²) in [6, 6.07) is 10.2. The van der Waals surface area contributed by atoms with Gasteiger partial charge >= 0.3 is 0 Å². The molecule has 0 unspecified atom stereocenters. The first-order valence-electron chi connectivity index (χ1n) is 6.66. The number of nitrogens with zero attached hydrogens (tertiary/aromatic N) is 3. The van der Waals surface area contributed by atoms with E-state index in [2.05, 4.69) is 33.3 Å². The molecular weight excluding hydrogens is 334 g/mol. The van der Waals surface area contributed by atoms with E-state index in [1.807, 2.05) is 22.9 Å². The van der Waals surface area contributed by atoms with Crippen molar-refractivity contribution < 1.29 is 4.52 Å². The molecule has 110 valence electrons. The Morgan fingerprint density at radius 3 is 3.09 bits per heavy atom. The molecule has 0 saturated carbocycles. The van der Waals surface area contributed by atoms with E-state index in [-0.39, 0.29) is 0 Å². The standard InChI is InChI=1S/C15H11N3OS3/c1-2-4-12-10(3-1)8-21-15(16-12)22-9-13-17-14(18-19-13)11-5-6-20-7-11/h1-7H,8-9H2. The molecule has 0 radical (unpaired) electrons. The van der Waals surface area contributed by atoms with Gasteiger partial charge in [-0.1, -0.05) is 46.9 Å². The van der Waals surface area contributed by atoms with Crippen LogP contribution >= 0.6 is 34.9 Å². The monoisotopic (exact) mass is 345 g/mol. The molecule has 1 aliphatic heterocycles. The Bertz CT molecular complexity index is 811. The first-order chi connectivity index (χ1) is 10.9. The fourth-order valence-corrected chi connectivity index (χ4v) is 4.57. The molecule has 1 aliphatic rings. The molecule has 3 heterocycles. The second-order valence-corrected chi connectivity index (χ2v) is 7.57. The summed E-state index contributed by atoms with van der Waals surface area (Å²) in [5.41, 5.74) is 3.35. The Labute approximate surface area is 140 Å². The van der Waals surface area contributed by atoms with Crippen LogP contribution in [0, 0.1) is 0 Å². The van der Waals surface area contributed by atoms with E-state index in [0.29, 0.717) is 17.5 Å². The van der Waals surface area contributed by atoms with Gasteiger partial charge in [0.05, 0.1) is 11.4 Å². The summed E-state index contributed by atoms with van der Waals surface area (Å²) in [5.74, 6) is 2.89. The summed E-state index contributed by atoms with van der Waals surface area (Å²) >= 11 is 5.02. The minimum absolute atomic E-state index is 0.633. The van der Waals surface area contributed by atoms with Gasteiger partial charge in [0.25, 0.3) is 0 Å². The van der Waals surface area contributed by atoms with Gasteiger partial charge in [0, 0.05) is 16.7 Å². The first kappa shape index (κ1) is 14.0. The molecule has 0 N–H and O–H groups in total. The highest BCUT2D eigenvalue weighted by atomic mass is 32.2. The average Bonchev–Trinajstić information content (AvgIpc) is 3.24. The smallest absolute Gasteiger partial charge is 0.237 e. The van der Waals surface area contributed by atoms with E-state index in [9.17, 15) is 0 Å².